The molecule has 7 nitrogen and oxygen atoms in total. The quantitative estimate of drug-likeness (QED) is 0.730. The molecule has 0 saturated carbocycles. The van der Waals surface area contributed by atoms with Crippen LogP contribution in [0.25, 0.3) is 0 Å². The summed E-state index contributed by atoms with van der Waals surface area (Å²) in [7, 11) is 1.78. The summed E-state index contributed by atoms with van der Waals surface area (Å²) in [6.45, 7) is 2.16. The zero-order valence-corrected chi connectivity index (χ0v) is 15.0. The maximum absolute atomic E-state index is 12.9. The summed E-state index contributed by atoms with van der Waals surface area (Å²) in [6, 6.07) is 9.34. The first-order valence-electron chi connectivity index (χ1n) is 8.69. The Labute approximate surface area is 152 Å². The number of aliphatic carboxylic acids is 1. The average molecular weight is 356 g/mol. The van der Waals surface area contributed by atoms with Gasteiger partial charge in [-0.2, -0.15) is 0 Å². The Morgan fingerprint density at radius 2 is 2.12 bits per heavy atom. The van der Waals surface area contributed by atoms with Crippen LogP contribution in [0, 0.1) is 5.92 Å². The van der Waals surface area contributed by atoms with E-state index in [1.54, 1.807) is 26.5 Å². The maximum Gasteiger partial charge on any atom is 0.323 e. The zero-order valence-electron chi connectivity index (χ0n) is 15.0. The first kappa shape index (κ1) is 18.1. The summed E-state index contributed by atoms with van der Waals surface area (Å²) in [5.74, 6) is -1.45. The Morgan fingerprint density at radius 1 is 1.38 bits per heavy atom. The Balaban J connectivity index is 1.77. The van der Waals surface area contributed by atoms with E-state index >= 15 is 0 Å². The molecule has 1 fully saturated rings. The Morgan fingerprint density at radius 3 is 2.73 bits per heavy atom. The Kier molecular flexibility index (Phi) is 5.08. The van der Waals surface area contributed by atoms with Gasteiger partial charge in [0, 0.05) is 30.9 Å². The topological polar surface area (TPSA) is 98.3 Å². The van der Waals surface area contributed by atoms with Crippen LogP contribution in [0.4, 0.5) is 0 Å². The van der Waals surface area contributed by atoms with Crippen molar-refractivity contribution >= 4 is 11.9 Å². The van der Waals surface area contributed by atoms with Crippen molar-refractivity contribution in [3.63, 3.8) is 0 Å². The minimum absolute atomic E-state index is 0.116. The number of nitrogens with one attached hydrogen (secondary N) is 2. The molecule has 2 heterocycles. The Hall–Kier alpha value is -2.67. The van der Waals surface area contributed by atoms with E-state index in [0.717, 1.165) is 11.3 Å². The van der Waals surface area contributed by atoms with Crippen LogP contribution in [0.5, 0.6) is 0 Å². The van der Waals surface area contributed by atoms with Crippen molar-refractivity contribution in [1.82, 2.24) is 20.2 Å². The molecule has 0 radical (unpaired) electrons. The average Bonchev–Trinajstić information content (AvgIpc) is 3.23. The predicted octanol–water partition coefficient (Wildman–Crippen LogP) is 1.60. The van der Waals surface area contributed by atoms with Gasteiger partial charge in [0.15, 0.2) is 0 Å². The highest BCUT2D eigenvalue weighted by Crippen LogP contribution is 2.45. The standard InChI is InChI=1S/C19H24N4O3/c1-19(18(25)26)10-15(16(23(19)2)13-6-4-3-5-7-13)17(24)21-9-8-14-11-20-12-22-14/h3-7,11-12,15-16H,8-10H2,1-2H3,(H,20,22)(H,21,24)(H,25,26)/t15-,16-,19-/m0/s1. The number of nitrogens with zero attached hydrogens (tertiary/aromatic N) is 2. The van der Waals surface area contributed by atoms with Crippen molar-refractivity contribution in [2.75, 3.05) is 13.6 Å². The highest BCUT2D eigenvalue weighted by atomic mass is 16.4. The number of hydrogen-bond donors (Lipinski definition) is 3. The number of carbonyl (C=O) groups is 2. The number of imidazole rings is 1. The van der Waals surface area contributed by atoms with E-state index in [-0.39, 0.29) is 18.4 Å². The zero-order chi connectivity index (χ0) is 18.7. The van der Waals surface area contributed by atoms with Gasteiger partial charge in [0.05, 0.1) is 12.2 Å². The number of likely N-dealkylation sites (tertiary alicyclic amines) is 1. The van der Waals surface area contributed by atoms with Gasteiger partial charge in [-0.25, -0.2) is 4.98 Å². The monoisotopic (exact) mass is 356 g/mol. The number of carboxylic acid groups (broad SMARTS) is 1. The van der Waals surface area contributed by atoms with E-state index in [1.807, 2.05) is 35.2 Å². The molecule has 1 saturated heterocycles. The molecule has 3 N–H and O–H groups in total. The summed E-state index contributed by atoms with van der Waals surface area (Å²) >= 11 is 0. The van der Waals surface area contributed by atoms with Gasteiger partial charge in [-0.1, -0.05) is 30.3 Å². The summed E-state index contributed by atoms with van der Waals surface area (Å²) < 4.78 is 0. The van der Waals surface area contributed by atoms with Crippen molar-refractivity contribution < 1.29 is 14.7 Å². The van der Waals surface area contributed by atoms with Crippen molar-refractivity contribution in [3.8, 4) is 0 Å². The van der Waals surface area contributed by atoms with Crippen LogP contribution in [0.3, 0.4) is 0 Å². The lowest BCUT2D eigenvalue weighted by Crippen LogP contribution is -2.46. The number of amides is 1. The third-order valence-corrected chi connectivity index (χ3v) is 5.38. The van der Waals surface area contributed by atoms with E-state index < -0.39 is 17.4 Å². The summed E-state index contributed by atoms with van der Waals surface area (Å²) in [4.78, 5) is 33.5. The van der Waals surface area contributed by atoms with Crippen LogP contribution in [-0.2, 0) is 16.0 Å². The lowest BCUT2D eigenvalue weighted by Gasteiger charge is -2.32. The van der Waals surface area contributed by atoms with Crippen LogP contribution < -0.4 is 5.32 Å². The minimum atomic E-state index is -1.08. The fraction of sp³-hybridized carbons (Fsp3) is 0.421. The number of hydrogen-bond acceptors (Lipinski definition) is 4. The number of carbonyl (C=O) groups excluding carboxylic acids is 1. The molecule has 1 aliphatic heterocycles. The van der Waals surface area contributed by atoms with E-state index in [4.69, 9.17) is 0 Å². The third-order valence-electron chi connectivity index (χ3n) is 5.38. The third kappa shape index (κ3) is 3.35. The maximum atomic E-state index is 12.9. The number of H-pyrrole nitrogens is 1. The fourth-order valence-corrected chi connectivity index (χ4v) is 3.71. The van der Waals surface area contributed by atoms with Crippen LogP contribution >= 0.6 is 0 Å². The molecule has 0 unspecified atom stereocenters. The molecule has 0 spiro atoms. The molecule has 1 aromatic carbocycles. The molecule has 1 aliphatic rings. The molecule has 7 heteroatoms. The van der Waals surface area contributed by atoms with Gasteiger partial charge in [-0.3, -0.25) is 14.5 Å². The van der Waals surface area contributed by atoms with Crippen molar-refractivity contribution in [2.45, 2.75) is 31.3 Å². The van der Waals surface area contributed by atoms with Gasteiger partial charge < -0.3 is 15.4 Å². The summed E-state index contributed by atoms with van der Waals surface area (Å²) in [5.41, 5.74) is 0.823. The molecule has 138 valence electrons. The fourth-order valence-electron chi connectivity index (χ4n) is 3.71. The van der Waals surface area contributed by atoms with Gasteiger partial charge in [0.1, 0.15) is 5.54 Å². The predicted molar refractivity (Wildman–Crippen MR) is 96.4 cm³/mol. The van der Waals surface area contributed by atoms with Crippen LogP contribution in [0.15, 0.2) is 42.9 Å². The van der Waals surface area contributed by atoms with E-state index in [9.17, 15) is 14.7 Å². The summed E-state index contributed by atoms with van der Waals surface area (Å²) in [5, 5.41) is 12.7. The number of benzene rings is 1. The largest absolute Gasteiger partial charge is 0.480 e. The number of aromatic amines is 1. The second-order valence-corrected chi connectivity index (χ2v) is 6.97. The number of carboxylic acids is 1. The molecule has 1 aromatic heterocycles. The van der Waals surface area contributed by atoms with Crippen LogP contribution in [-0.4, -0.2) is 51.0 Å². The highest BCUT2D eigenvalue weighted by molar-refractivity contribution is 5.85. The number of aromatic nitrogens is 2. The molecule has 0 bridgehead atoms. The highest BCUT2D eigenvalue weighted by Gasteiger charge is 2.54. The Bertz CT molecular complexity index is 762. The first-order valence-corrected chi connectivity index (χ1v) is 8.69. The van der Waals surface area contributed by atoms with Crippen molar-refractivity contribution in [1.29, 1.82) is 0 Å². The lowest BCUT2D eigenvalue weighted by molar-refractivity contribution is -0.148. The smallest absolute Gasteiger partial charge is 0.323 e. The second kappa shape index (κ2) is 7.29. The van der Waals surface area contributed by atoms with Gasteiger partial charge in [0.2, 0.25) is 5.91 Å². The normalized spacial score (nSPS) is 25.9. The molecule has 2 aromatic rings. The number of likely N-dealkylation sites (N-methyl/N-ethyl adjacent to an activating group) is 1. The van der Waals surface area contributed by atoms with E-state index in [2.05, 4.69) is 15.3 Å². The van der Waals surface area contributed by atoms with Crippen LogP contribution in [0.2, 0.25) is 0 Å². The minimum Gasteiger partial charge on any atom is -0.480 e. The molecular weight excluding hydrogens is 332 g/mol. The van der Waals surface area contributed by atoms with Crippen molar-refractivity contribution in [3.05, 3.63) is 54.1 Å². The first-order chi connectivity index (χ1) is 12.4. The van der Waals surface area contributed by atoms with Crippen LogP contribution in [0.1, 0.15) is 30.6 Å². The number of rotatable bonds is 6. The van der Waals surface area contributed by atoms with Gasteiger partial charge in [-0.05, 0) is 26.0 Å². The van der Waals surface area contributed by atoms with Gasteiger partial charge in [0.25, 0.3) is 0 Å². The van der Waals surface area contributed by atoms with Gasteiger partial charge >= 0.3 is 5.97 Å². The second-order valence-electron chi connectivity index (χ2n) is 6.97. The summed E-state index contributed by atoms with van der Waals surface area (Å²) in [6.07, 6.45) is 4.26. The molecular formula is C19H24N4O3. The molecule has 3 rings (SSSR count). The molecule has 26 heavy (non-hydrogen) atoms. The van der Waals surface area contributed by atoms with E-state index in [1.165, 1.54) is 0 Å². The SMILES string of the molecule is CN1[C@@H](c2ccccc2)[C@@H](C(=O)NCCc2cnc[nH]2)C[C@@]1(C)C(=O)O. The molecule has 3 atom stereocenters. The van der Waals surface area contributed by atoms with Gasteiger partial charge in [-0.15, -0.1) is 0 Å². The molecule has 0 aliphatic carbocycles. The molecule has 1 amide bonds. The lowest BCUT2D eigenvalue weighted by atomic mass is 9.89. The van der Waals surface area contributed by atoms with Crippen molar-refractivity contribution in [2.24, 2.45) is 5.92 Å². The van der Waals surface area contributed by atoms with E-state index in [0.29, 0.717) is 13.0 Å².